The van der Waals surface area contributed by atoms with Crippen molar-refractivity contribution in [3.05, 3.63) is 47.3 Å². The average molecular weight is 229 g/mol. The minimum absolute atomic E-state index is 0.0558. The summed E-state index contributed by atoms with van der Waals surface area (Å²) in [7, 11) is 1.84. The Balaban J connectivity index is 2.20. The number of ketones is 1. The summed E-state index contributed by atoms with van der Waals surface area (Å²) in [6.07, 6.45) is 0.348. The third-order valence-electron chi connectivity index (χ3n) is 2.65. The van der Waals surface area contributed by atoms with Gasteiger partial charge in [0.05, 0.1) is 12.1 Å². The lowest BCUT2D eigenvalue weighted by Gasteiger charge is -2.02. The zero-order valence-electron chi connectivity index (χ0n) is 9.97. The fourth-order valence-electron chi connectivity index (χ4n) is 1.81. The second-order valence-electron chi connectivity index (χ2n) is 4.13. The predicted octanol–water partition coefficient (Wildman–Crippen LogP) is 1.74. The Bertz CT molecular complexity index is 558. The van der Waals surface area contributed by atoms with Gasteiger partial charge in [0.15, 0.2) is 5.78 Å². The third kappa shape index (κ3) is 2.53. The van der Waals surface area contributed by atoms with Crippen molar-refractivity contribution >= 4 is 11.5 Å². The molecule has 17 heavy (non-hydrogen) atoms. The number of rotatable bonds is 3. The Kier molecular flexibility index (Phi) is 2.95. The fraction of sp³-hybridized carbons (Fsp3) is 0.231. The number of hydrogen-bond acceptors (Lipinski definition) is 3. The smallest absolute Gasteiger partial charge is 0.168 e. The number of aromatic nitrogens is 2. The maximum absolute atomic E-state index is 12.0. The summed E-state index contributed by atoms with van der Waals surface area (Å²) in [5.74, 6) is 0.0558. The quantitative estimate of drug-likeness (QED) is 0.644. The lowest BCUT2D eigenvalue weighted by Crippen LogP contribution is -2.08. The minimum Gasteiger partial charge on any atom is -0.399 e. The van der Waals surface area contributed by atoms with Gasteiger partial charge in [0.2, 0.25) is 0 Å². The number of anilines is 1. The maximum atomic E-state index is 12.0. The number of aryl methyl sites for hydroxylation is 2. The van der Waals surface area contributed by atoms with Crippen LogP contribution in [0, 0.1) is 6.92 Å². The molecule has 4 nitrogen and oxygen atoms in total. The number of Topliss-reactive ketones (excluding diaryl/α,β-unsaturated/α-hetero) is 1. The van der Waals surface area contributed by atoms with Crippen LogP contribution < -0.4 is 5.73 Å². The van der Waals surface area contributed by atoms with E-state index in [4.69, 9.17) is 5.73 Å². The first-order chi connectivity index (χ1) is 8.06. The van der Waals surface area contributed by atoms with Gasteiger partial charge in [-0.15, -0.1) is 0 Å². The molecule has 0 aliphatic rings. The summed E-state index contributed by atoms with van der Waals surface area (Å²) >= 11 is 0. The lowest BCUT2D eigenvalue weighted by molar-refractivity contribution is 0.0991. The minimum atomic E-state index is 0.0558. The summed E-state index contributed by atoms with van der Waals surface area (Å²) in [5.41, 5.74) is 8.74. The first-order valence-corrected chi connectivity index (χ1v) is 5.44. The fourth-order valence-corrected chi connectivity index (χ4v) is 1.81. The lowest BCUT2D eigenvalue weighted by atomic mass is 10.1. The zero-order valence-corrected chi connectivity index (χ0v) is 9.97. The van der Waals surface area contributed by atoms with E-state index >= 15 is 0 Å². The van der Waals surface area contributed by atoms with E-state index in [-0.39, 0.29) is 5.78 Å². The average Bonchev–Trinajstić information content (AvgIpc) is 2.57. The third-order valence-corrected chi connectivity index (χ3v) is 2.65. The Morgan fingerprint density at radius 1 is 1.41 bits per heavy atom. The molecule has 0 radical (unpaired) electrons. The molecule has 0 atom stereocenters. The van der Waals surface area contributed by atoms with E-state index in [0.717, 1.165) is 11.4 Å². The summed E-state index contributed by atoms with van der Waals surface area (Å²) in [4.78, 5) is 12.0. The van der Waals surface area contributed by atoms with Crippen molar-refractivity contribution in [2.45, 2.75) is 13.3 Å². The number of nitrogens with zero attached hydrogens (tertiary/aromatic N) is 2. The molecule has 0 aliphatic carbocycles. The molecule has 1 aromatic heterocycles. The Morgan fingerprint density at radius 3 is 2.76 bits per heavy atom. The van der Waals surface area contributed by atoms with Crippen molar-refractivity contribution in [2.24, 2.45) is 7.05 Å². The summed E-state index contributed by atoms with van der Waals surface area (Å²) in [6.45, 7) is 1.91. The number of carbonyl (C=O) groups excluding carboxylic acids is 1. The SMILES string of the molecule is Cc1cc(CC(=O)c2cccc(N)c2)n(C)n1. The first-order valence-electron chi connectivity index (χ1n) is 5.44. The maximum Gasteiger partial charge on any atom is 0.168 e. The van der Waals surface area contributed by atoms with Gasteiger partial charge in [-0.3, -0.25) is 9.48 Å². The zero-order chi connectivity index (χ0) is 12.4. The van der Waals surface area contributed by atoms with Crippen molar-refractivity contribution in [3.8, 4) is 0 Å². The molecule has 0 fully saturated rings. The monoisotopic (exact) mass is 229 g/mol. The van der Waals surface area contributed by atoms with Crippen LogP contribution in [0.2, 0.25) is 0 Å². The van der Waals surface area contributed by atoms with Gasteiger partial charge in [-0.2, -0.15) is 5.10 Å². The molecular weight excluding hydrogens is 214 g/mol. The van der Waals surface area contributed by atoms with Crippen molar-refractivity contribution in [1.29, 1.82) is 0 Å². The highest BCUT2D eigenvalue weighted by Gasteiger charge is 2.10. The van der Waals surface area contributed by atoms with Crippen LogP contribution in [0.1, 0.15) is 21.7 Å². The normalized spacial score (nSPS) is 10.5. The largest absolute Gasteiger partial charge is 0.399 e. The summed E-state index contributed by atoms with van der Waals surface area (Å²) < 4.78 is 1.74. The Hall–Kier alpha value is -2.10. The van der Waals surface area contributed by atoms with Crippen LogP contribution in [0.15, 0.2) is 30.3 Å². The molecule has 1 heterocycles. The number of hydrogen-bond donors (Lipinski definition) is 1. The predicted molar refractivity (Wildman–Crippen MR) is 66.8 cm³/mol. The van der Waals surface area contributed by atoms with Crippen molar-refractivity contribution < 1.29 is 4.79 Å². The highest BCUT2D eigenvalue weighted by molar-refractivity contribution is 5.98. The van der Waals surface area contributed by atoms with Gasteiger partial charge in [-0.1, -0.05) is 12.1 Å². The first kappa shape index (κ1) is 11.4. The van der Waals surface area contributed by atoms with E-state index in [2.05, 4.69) is 5.10 Å². The van der Waals surface area contributed by atoms with E-state index in [1.807, 2.05) is 20.0 Å². The van der Waals surface area contributed by atoms with E-state index in [9.17, 15) is 4.79 Å². The molecule has 0 bridgehead atoms. The van der Waals surface area contributed by atoms with Crippen LogP contribution in [0.3, 0.4) is 0 Å². The second-order valence-corrected chi connectivity index (χ2v) is 4.13. The van der Waals surface area contributed by atoms with Gasteiger partial charge >= 0.3 is 0 Å². The Morgan fingerprint density at radius 2 is 2.18 bits per heavy atom. The molecular formula is C13H15N3O. The standard InChI is InChI=1S/C13H15N3O/c1-9-6-12(16(2)15-9)8-13(17)10-4-3-5-11(14)7-10/h3-7H,8,14H2,1-2H3. The highest BCUT2D eigenvalue weighted by atomic mass is 16.1. The van der Waals surface area contributed by atoms with Crippen LogP contribution in [-0.4, -0.2) is 15.6 Å². The van der Waals surface area contributed by atoms with Gasteiger partial charge in [0.1, 0.15) is 0 Å². The van der Waals surface area contributed by atoms with Crippen LogP contribution in [-0.2, 0) is 13.5 Å². The molecule has 2 N–H and O–H groups in total. The highest BCUT2D eigenvalue weighted by Crippen LogP contribution is 2.11. The number of nitrogen functional groups attached to an aromatic ring is 1. The Labute approximate surface area is 100 Å². The summed E-state index contributed by atoms with van der Waals surface area (Å²) in [6, 6.07) is 8.96. The molecule has 1 aromatic carbocycles. The van der Waals surface area contributed by atoms with E-state index in [1.165, 1.54) is 0 Å². The second kappa shape index (κ2) is 4.41. The molecule has 0 aliphatic heterocycles. The van der Waals surface area contributed by atoms with Crippen molar-refractivity contribution in [1.82, 2.24) is 9.78 Å². The molecule has 88 valence electrons. The van der Waals surface area contributed by atoms with Crippen LogP contribution >= 0.6 is 0 Å². The van der Waals surface area contributed by atoms with Crippen molar-refractivity contribution in [2.75, 3.05) is 5.73 Å². The number of carbonyl (C=O) groups is 1. The topological polar surface area (TPSA) is 60.9 Å². The van der Waals surface area contributed by atoms with Gasteiger partial charge in [0.25, 0.3) is 0 Å². The van der Waals surface area contributed by atoms with E-state index in [1.54, 1.807) is 28.9 Å². The van der Waals surface area contributed by atoms with Gasteiger partial charge in [0, 0.05) is 24.0 Å². The molecule has 4 heteroatoms. The van der Waals surface area contributed by atoms with E-state index < -0.39 is 0 Å². The molecule has 0 amide bonds. The van der Waals surface area contributed by atoms with Gasteiger partial charge < -0.3 is 5.73 Å². The molecule has 0 unspecified atom stereocenters. The number of benzene rings is 1. The summed E-state index contributed by atoms with van der Waals surface area (Å²) in [5, 5.41) is 4.22. The van der Waals surface area contributed by atoms with E-state index in [0.29, 0.717) is 17.7 Å². The van der Waals surface area contributed by atoms with Crippen LogP contribution in [0.5, 0.6) is 0 Å². The molecule has 2 aromatic rings. The number of nitrogens with two attached hydrogens (primary N) is 1. The molecule has 0 saturated heterocycles. The van der Waals surface area contributed by atoms with Gasteiger partial charge in [-0.05, 0) is 25.1 Å². The van der Waals surface area contributed by atoms with Crippen molar-refractivity contribution in [3.63, 3.8) is 0 Å². The van der Waals surface area contributed by atoms with Gasteiger partial charge in [-0.25, -0.2) is 0 Å². The molecule has 0 saturated carbocycles. The molecule has 0 spiro atoms. The van der Waals surface area contributed by atoms with Crippen LogP contribution in [0.25, 0.3) is 0 Å². The van der Waals surface area contributed by atoms with Crippen LogP contribution in [0.4, 0.5) is 5.69 Å². The molecule has 2 rings (SSSR count).